The molecule has 0 spiro atoms. The second-order valence-corrected chi connectivity index (χ2v) is 6.74. The number of nitrogens with two attached hydrogens (primary N) is 1. The van der Waals surface area contributed by atoms with E-state index in [0.29, 0.717) is 12.4 Å². The number of alkyl halides is 1. The van der Waals surface area contributed by atoms with E-state index in [2.05, 4.69) is 0 Å². The van der Waals surface area contributed by atoms with Gasteiger partial charge < -0.3 is 25.3 Å². The van der Waals surface area contributed by atoms with Crippen LogP contribution in [0.2, 0.25) is 0 Å². The summed E-state index contributed by atoms with van der Waals surface area (Å²) < 4.78 is 19.4. The molecule has 0 radical (unpaired) electrons. The average Bonchev–Trinajstić information content (AvgIpc) is 2.17. The Hall–Kier alpha value is 0.550. The highest BCUT2D eigenvalue weighted by Crippen LogP contribution is 2.32. The fraction of sp³-hybridized carbons (Fsp3) is 1.00. The van der Waals surface area contributed by atoms with Crippen LogP contribution in [0.1, 0.15) is 13.8 Å². The second kappa shape index (κ2) is 12.0. The maximum atomic E-state index is 9.69. The molecule has 16 heavy (non-hydrogen) atoms. The van der Waals surface area contributed by atoms with Crippen LogP contribution in [0, 0.1) is 0 Å². The number of rotatable bonds is 3. The third-order valence-electron chi connectivity index (χ3n) is 0.933. The van der Waals surface area contributed by atoms with Gasteiger partial charge in [-0.3, -0.25) is 9.13 Å². The van der Waals surface area contributed by atoms with Gasteiger partial charge in [-0.2, -0.15) is 0 Å². The predicted octanol–water partition coefficient (Wildman–Crippen LogP) is 0.552. The molecule has 0 fully saturated rings. The molecule has 0 unspecified atom stereocenters. The second-order valence-electron chi connectivity index (χ2n) is 2.44. The third-order valence-corrected chi connectivity index (χ3v) is 2.80. The minimum atomic E-state index is -3.65. The number of hydrogen-bond acceptors (Lipinski definition) is 3. The Morgan fingerprint density at radius 3 is 1.12 bits per heavy atom. The van der Waals surface area contributed by atoms with Crippen LogP contribution < -0.4 is 5.73 Å². The standard InChI is InChI=1S/C2H6ClN.2C2H7O3P/c3-1-2-4;2*1-2-6(3,4)5/h1-2,4H2;2*2H2,1H3,(H2,3,4,5). The van der Waals surface area contributed by atoms with E-state index >= 15 is 0 Å². The highest BCUT2D eigenvalue weighted by molar-refractivity contribution is 7.51. The molecule has 102 valence electrons. The highest BCUT2D eigenvalue weighted by Gasteiger charge is 2.05. The molecule has 0 amide bonds. The van der Waals surface area contributed by atoms with Gasteiger partial charge in [0.1, 0.15) is 0 Å². The molecule has 0 saturated carbocycles. The Bertz CT molecular complexity index is 203. The van der Waals surface area contributed by atoms with Crippen molar-refractivity contribution in [3.05, 3.63) is 0 Å². The molecule has 0 aromatic carbocycles. The van der Waals surface area contributed by atoms with E-state index in [0.717, 1.165) is 0 Å². The van der Waals surface area contributed by atoms with Gasteiger partial charge in [0.05, 0.1) is 0 Å². The first-order chi connectivity index (χ1) is 7.04. The monoisotopic (exact) mass is 299 g/mol. The number of hydrogen-bond donors (Lipinski definition) is 5. The van der Waals surface area contributed by atoms with Gasteiger partial charge in [-0.1, -0.05) is 13.8 Å². The average molecular weight is 300 g/mol. The molecule has 0 aliphatic carbocycles. The molecule has 0 aromatic heterocycles. The van der Waals surface area contributed by atoms with Crippen molar-refractivity contribution in [3.8, 4) is 0 Å². The Kier molecular flexibility index (Phi) is 16.4. The summed E-state index contributed by atoms with van der Waals surface area (Å²) in [4.78, 5) is 31.8. The van der Waals surface area contributed by atoms with Gasteiger partial charge in [0.2, 0.25) is 0 Å². The SMILES string of the molecule is CCP(=O)(O)O.CCP(=O)(O)O.NCCCl. The van der Waals surface area contributed by atoms with E-state index in [9.17, 15) is 9.13 Å². The quantitative estimate of drug-likeness (QED) is 0.378. The molecule has 10 heteroatoms. The van der Waals surface area contributed by atoms with Gasteiger partial charge in [-0.05, 0) is 0 Å². The third kappa shape index (κ3) is 46.9. The lowest BCUT2D eigenvalue weighted by Crippen LogP contribution is -1.97. The van der Waals surface area contributed by atoms with E-state index < -0.39 is 15.2 Å². The minimum Gasteiger partial charge on any atom is -0.329 e. The smallest absolute Gasteiger partial charge is 0.325 e. The normalized spacial score (nSPS) is 10.8. The molecular weight excluding hydrogens is 279 g/mol. The minimum absolute atomic E-state index is 0.0625. The lowest BCUT2D eigenvalue weighted by Gasteiger charge is -1.92. The molecule has 0 saturated heterocycles. The Balaban J connectivity index is -0.000000162. The van der Waals surface area contributed by atoms with Gasteiger partial charge >= 0.3 is 15.2 Å². The van der Waals surface area contributed by atoms with Crippen LogP contribution >= 0.6 is 26.8 Å². The summed E-state index contributed by atoms with van der Waals surface area (Å²) in [6.45, 7) is 3.48. The van der Waals surface area contributed by atoms with Crippen molar-refractivity contribution in [2.45, 2.75) is 13.8 Å². The lowest BCUT2D eigenvalue weighted by atomic mass is 10.8. The Morgan fingerprint density at radius 2 is 1.12 bits per heavy atom. The predicted molar refractivity (Wildman–Crippen MR) is 64.9 cm³/mol. The van der Waals surface area contributed by atoms with E-state index in [4.69, 9.17) is 36.9 Å². The maximum absolute atomic E-state index is 9.69. The fourth-order valence-corrected chi connectivity index (χ4v) is 0. The van der Waals surface area contributed by atoms with Gasteiger partial charge in [-0.25, -0.2) is 0 Å². The molecule has 7 nitrogen and oxygen atoms in total. The topological polar surface area (TPSA) is 141 Å². The van der Waals surface area contributed by atoms with Crippen molar-refractivity contribution in [2.75, 3.05) is 24.7 Å². The van der Waals surface area contributed by atoms with Gasteiger partial charge in [0.15, 0.2) is 0 Å². The summed E-state index contributed by atoms with van der Waals surface area (Å²) in [5, 5.41) is 0. The molecule has 0 rings (SSSR count). The van der Waals surface area contributed by atoms with E-state index in [1.165, 1.54) is 13.8 Å². The summed E-state index contributed by atoms with van der Waals surface area (Å²) in [5.74, 6) is 0.569. The molecule has 0 atom stereocenters. The van der Waals surface area contributed by atoms with Crippen LogP contribution in [0.5, 0.6) is 0 Å². The van der Waals surface area contributed by atoms with Crippen LogP contribution in [0.4, 0.5) is 0 Å². The summed E-state index contributed by atoms with van der Waals surface area (Å²) in [5.41, 5.74) is 4.90. The molecule has 6 N–H and O–H groups in total. The summed E-state index contributed by atoms with van der Waals surface area (Å²) in [6.07, 6.45) is -0.125. The molecule has 0 aliphatic heterocycles. The molecule has 0 bridgehead atoms. The van der Waals surface area contributed by atoms with Gasteiger partial charge in [-0.15, -0.1) is 11.6 Å². The van der Waals surface area contributed by atoms with Crippen LogP contribution in [-0.2, 0) is 9.13 Å². The van der Waals surface area contributed by atoms with E-state index in [-0.39, 0.29) is 12.3 Å². The first-order valence-electron chi connectivity index (χ1n) is 4.39. The van der Waals surface area contributed by atoms with Crippen LogP contribution in [0.3, 0.4) is 0 Å². The van der Waals surface area contributed by atoms with Crippen molar-refractivity contribution in [1.29, 1.82) is 0 Å². The first-order valence-corrected chi connectivity index (χ1v) is 8.52. The molecule has 0 aliphatic rings. The van der Waals surface area contributed by atoms with E-state index in [1.54, 1.807) is 0 Å². The zero-order valence-corrected chi connectivity index (χ0v) is 11.8. The van der Waals surface area contributed by atoms with Gasteiger partial charge in [0.25, 0.3) is 0 Å². The van der Waals surface area contributed by atoms with Crippen molar-refractivity contribution in [1.82, 2.24) is 0 Å². The molecular formula is C6H20ClNO6P2. The molecule has 0 heterocycles. The summed E-state index contributed by atoms with van der Waals surface area (Å²) in [7, 11) is -7.29. The highest BCUT2D eigenvalue weighted by atomic mass is 35.5. The first kappa shape index (κ1) is 21.8. The number of halogens is 1. The fourth-order valence-electron chi connectivity index (χ4n) is 0. The van der Waals surface area contributed by atoms with Crippen LogP contribution in [0.25, 0.3) is 0 Å². The Morgan fingerprint density at radius 1 is 1.00 bits per heavy atom. The molecule has 0 aromatic rings. The van der Waals surface area contributed by atoms with E-state index in [1.807, 2.05) is 0 Å². The summed E-state index contributed by atoms with van der Waals surface area (Å²) >= 11 is 5.06. The zero-order chi connectivity index (χ0) is 13.8. The van der Waals surface area contributed by atoms with Crippen molar-refractivity contribution < 1.29 is 28.7 Å². The largest absolute Gasteiger partial charge is 0.329 e. The zero-order valence-electron chi connectivity index (χ0n) is 9.28. The maximum Gasteiger partial charge on any atom is 0.325 e. The Labute approximate surface area is 100 Å². The summed E-state index contributed by atoms with van der Waals surface area (Å²) in [6, 6.07) is 0. The van der Waals surface area contributed by atoms with Crippen LogP contribution in [0.15, 0.2) is 0 Å². The van der Waals surface area contributed by atoms with Crippen molar-refractivity contribution in [2.24, 2.45) is 5.73 Å². The van der Waals surface area contributed by atoms with Crippen molar-refractivity contribution in [3.63, 3.8) is 0 Å². The van der Waals surface area contributed by atoms with Crippen LogP contribution in [-0.4, -0.2) is 44.3 Å². The lowest BCUT2D eigenvalue weighted by molar-refractivity contribution is 0.372. The van der Waals surface area contributed by atoms with Gasteiger partial charge in [0, 0.05) is 24.7 Å². The van der Waals surface area contributed by atoms with Crippen molar-refractivity contribution >= 4 is 26.8 Å².